The van der Waals surface area contributed by atoms with E-state index >= 15 is 0 Å². The third-order valence-electron chi connectivity index (χ3n) is 9.16. The lowest BCUT2D eigenvalue weighted by molar-refractivity contribution is -0.153. The van der Waals surface area contributed by atoms with Gasteiger partial charge in [-0.05, 0) is 56.9 Å². The van der Waals surface area contributed by atoms with Gasteiger partial charge in [-0.15, -0.1) is 0 Å². The van der Waals surface area contributed by atoms with Crippen molar-refractivity contribution in [1.82, 2.24) is 10.2 Å². The first-order valence-corrected chi connectivity index (χ1v) is 14.1. The van der Waals surface area contributed by atoms with Crippen molar-refractivity contribution in [2.45, 2.75) is 57.7 Å². The first kappa shape index (κ1) is 30.5. The number of nitrogens with one attached hydrogen (secondary N) is 1. The summed E-state index contributed by atoms with van der Waals surface area (Å²) in [5.41, 5.74) is 3.81. The molecule has 4 atom stereocenters. The number of primary amides is 1. The zero-order valence-corrected chi connectivity index (χ0v) is 24.6. The maximum atomic E-state index is 14.1. The molecule has 224 valence electrons. The number of amides is 1. The quantitative estimate of drug-likeness (QED) is 0.239. The molecule has 1 aromatic rings. The second-order valence-electron chi connectivity index (χ2n) is 11.9. The summed E-state index contributed by atoms with van der Waals surface area (Å²) in [4.78, 5) is 42.8. The van der Waals surface area contributed by atoms with E-state index in [0.29, 0.717) is 23.6 Å². The number of carbonyl (C=O) groups excluding carboxylic acids is 3. The van der Waals surface area contributed by atoms with Crippen LogP contribution in [-0.4, -0.2) is 89.2 Å². The molecular weight excluding hydrogens is 528 g/mol. The fourth-order valence-corrected chi connectivity index (χ4v) is 6.87. The molecule has 0 aliphatic heterocycles. The van der Waals surface area contributed by atoms with E-state index < -0.39 is 58.0 Å². The predicted molar refractivity (Wildman–Crippen MR) is 154 cm³/mol. The number of aliphatic hydroxyl groups excluding tert-OH is 2. The van der Waals surface area contributed by atoms with Gasteiger partial charge in [0.2, 0.25) is 5.78 Å². The number of rotatable bonds is 9. The summed E-state index contributed by atoms with van der Waals surface area (Å²) >= 11 is 0. The molecule has 4 rings (SSSR count). The lowest BCUT2D eigenvalue weighted by Gasteiger charge is -2.50. The molecule has 0 saturated heterocycles. The Labute approximate surface area is 240 Å². The van der Waals surface area contributed by atoms with Crippen LogP contribution in [0.1, 0.15) is 49.8 Å². The Hall–Kier alpha value is -3.41. The monoisotopic (exact) mass is 570 g/mol. The molecule has 3 aliphatic carbocycles. The summed E-state index contributed by atoms with van der Waals surface area (Å²) < 4.78 is 0. The first-order valence-electron chi connectivity index (χ1n) is 14.1. The molecule has 0 heterocycles. The number of nitrogens with two attached hydrogens (primary N) is 1. The summed E-state index contributed by atoms with van der Waals surface area (Å²) in [5.74, 6) is -6.03. The number of fused-ring (bicyclic) bond motifs is 3. The van der Waals surface area contributed by atoms with Crippen LogP contribution in [0.3, 0.4) is 0 Å². The van der Waals surface area contributed by atoms with Gasteiger partial charge in [0.05, 0.1) is 11.6 Å². The number of benzene rings is 1. The van der Waals surface area contributed by atoms with Gasteiger partial charge < -0.3 is 36.4 Å². The molecule has 0 spiro atoms. The molecule has 41 heavy (non-hydrogen) atoms. The summed E-state index contributed by atoms with van der Waals surface area (Å²) in [7, 11) is 6.86. The number of anilines is 1. The van der Waals surface area contributed by atoms with Gasteiger partial charge in [0.1, 0.15) is 22.8 Å². The second-order valence-corrected chi connectivity index (χ2v) is 11.9. The Morgan fingerprint density at radius 3 is 2.32 bits per heavy atom. The molecule has 7 N–H and O–H groups in total. The number of hydrogen-bond donors (Lipinski definition) is 6. The van der Waals surface area contributed by atoms with Crippen LogP contribution in [-0.2, 0) is 27.3 Å². The van der Waals surface area contributed by atoms with Crippen molar-refractivity contribution in [1.29, 1.82) is 0 Å². The summed E-state index contributed by atoms with van der Waals surface area (Å²) in [6.07, 6.45) is 2.33. The average molecular weight is 571 g/mol. The second kappa shape index (κ2) is 11.1. The minimum absolute atomic E-state index is 0.0537. The molecule has 1 aromatic carbocycles. The standard InChI is InChI=1S/C30H42N4O7/c1-7-14(8-2)12-32-13-16-11-19(33(3)4)17-9-15-10-18-23(34(5)6)26(37)22(29(31)40)28(39)30(18,41)27(38)20(15)25(36)21(17)24(16)35/h11,14-15,18,23,32,35-36,39,41H,7-10,12-13H2,1-6H3,(H2,31,40)/t15-,18-,23?,30-/m1/s1. The Balaban J connectivity index is 1.88. The van der Waals surface area contributed by atoms with Gasteiger partial charge >= 0.3 is 0 Å². The summed E-state index contributed by atoms with van der Waals surface area (Å²) in [5, 5.41) is 49.2. The Bertz CT molecular complexity index is 1340. The van der Waals surface area contributed by atoms with Gasteiger partial charge in [0.15, 0.2) is 11.4 Å². The molecule has 0 bridgehead atoms. The van der Waals surface area contributed by atoms with Crippen molar-refractivity contribution in [3.63, 3.8) is 0 Å². The topological polar surface area (TPSA) is 177 Å². The highest BCUT2D eigenvalue weighted by Gasteiger charge is 2.64. The van der Waals surface area contributed by atoms with Crippen molar-refractivity contribution in [3.8, 4) is 5.75 Å². The van der Waals surface area contributed by atoms with E-state index in [9.17, 15) is 34.8 Å². The highest BCUT2D eigenvalue weighted by Crippen LogP contribution is 2.54. The zero-order valence-electron chi connectivity index (χ0n) is 24.6. The number of Topliss-reactive ketones (excluding diaryl/α,β-unsaturated/α-hetero) is 2. The third kappa shape index (κ3) is 4.69. The summed E-state index contributed by atoms with van der Waals surface area (Å²) in [6, 6.07) is 0.756. The molecular formula is C30H42N4O7. The van der Waals surface area contributed by atoms with Crippen LogP contribution in [0, 0.1) is 17.8 Å². The van der Waals surface area contributed by atoms with Crippen molar-refractivity contribution in [3.05, 3.63) is 39.7 Å². The fraction of sp³-hybridized carbons (Fsp3) is 0.567. The highest BCUT2D eigenvalue weighted by atomic mass is 16.3. The summed E-state index contributed by atoms with van der Waals surface area (Å²) in [6.45, 7) is 5.33. The number of phenolic OH excluding ortho intramolecular Hbond substituents is 1. The smallest absolute Gasteiger partial charge is 0.255 e. The van der Waals surface area contributed by atoms with Crippen LogP contribution in [0.15, 0.2) is 23.0 Å². The van der Waals surface area contributed by atoms with Crippen LogP contribution in [0.25, 0.3) is 5.76 Å². The van der Waals surface area contributed by atoms with Crippen molar-refractivity contribution >= 4 is 28.9 Å². The normalized spacial score (nSPS) is 25.9. The molecule has 11 heteroatoms. The van der Waals surface area contributed by atoms with Gasteiger partial charge in [-0.1, -0.05) is 26.7 Å². The van der Waals surface area contributed by atoms with Crippen molar-refractivity contribution in [2.24, 2.45) is 23.5 Å². The lowest BCUT2D eigenvalue weighted by atomic mass is 9.57. The number of aromatic hydroxyl groups is 1. The third-order valence-corrected chi connectivity index (χ3v) is 9.16. The van der Waals surface area contributed by atoms with Gasteiger partial charge in [-0.3, -0.25) is 19.3 Å². The number of hydrogen-bond acceptors (Lipinski definition) is 10. The van der Waals surface area contributed by atoms with Gasteiger partial charge in [0, 0.05) is 43.4 Å². The minimum atomic E-state index is -2.65. The van der Waals surface area contributed by atoms with E-state index in [2.05, 4.69) is 19.2 Å². The van der Waals surface area contributed by atoms with E-state index in [1.807, 2.05) is 25.1 Å². The molecule has 1 fully saturated rings. The van der Waals surface area contributed by atoms with E-state index in [4.69, 9.17) is 5.73 Å². The van der Waals surface area contributed by atoms with Gasteiger partial charge in [-0.25, -0.2) is 0 Å². The highest BCUT2D eigenvalue weighted by molar-refractivity contribution is 6.24. The zero-order chi connectivity index (χ0) is 30.5. The van der Waals surface area contributed by atoms with Crippen LogP contribution in [0.5, 0.6) is 5.75 Å². The maximum absolute atomic E-state index is 14.1. The first-order chi connectivity index (χ1) is 19.2. The molecule has 1 saturated carbocycles. The number of carbonyl (C=O) groups is 3. The Morgan fingerprint density at radius 2 is 1.78 bits per heavy atom. The SMILES string of the molecule is CCC(CC)CNCc1cc(N(C)C)c2c(c1O)C(O)=C1C(=O)[C@@]3(O)C(O)=C(C(N)=O)C(=O)C(N(C)C)[C@H]3C[C@H]1C2. The number of ketones is 2. The molecule has 1 unspecified atom stereocenters. The van der Waals surface area contributed by atoms with Gasteiger partial charge in [0.25, 0.3) is 5.91 Å². The van der Waals surface area contributed by atoms with Crippen LogP contribution in [0.4, 0.5) is 5.69 Å². The van der Waals surface area contributed by atoms with Crippen molar-refractivity contribution < 1.29 is 34.8 Å². The fourth-order valence-electron chi connectivity index (χ4n) is 6.87. The van der Waals surface area contributed by atoms with Crippen LogP contribution in [0.2, 0.25) is 0 Å². The Morgan fingerprint density at radius 1 is 1.15 bits per heavy atom. The van der Waals surface area contributed by atoms with E-state index in [1.54, 1.807) is 14.1 Å². The molecule has 1 amide bonds. The lowest BCUT2D eigenvalue weighted by Crippen LogP contribution is -2.65. The van der Waals surface area contributed by atoms with Crippen molar-refractivity contribution in [2.75, 3.05) is 39.6 Å². The Kier molecular flexibility index (Phi) is 8.28. The number of nitrogens with zero attached hydrogens (tertiary/aromatic N) is 2. The van der Waals surface area contributed by atoms with Crippen LogP contribution >= 0.6 is 0 Å². The van der Waals surface area contributed by atoms with E-state index in [-0.39, 0.29) is 29.7 Å². The largest absolute Gasteiger partial charge is 0.508 e. The van der Waals surface area contributed by atoms with E-state index in [1.165, 1.54) is 4.90 Å². The molecule has 3 aliphatic rings. The number of likely N-dealkylation sites (N-methyl/N-ethyl adjacent to an activating group) is 1. The molecule has 0 aromatic heterocycles. The molecule has 0 radical (unpaired) electrons. The average Bonchev–Trinajstić information content (AvgIpc) is 2.89. The number of aliphatic hydroxyl groups is 3. The minimum Gasteiger partial charge on any atom is -0.508 e. The predicted octanol–water partition coefficient (Wildman–Crippen LogP) is 1.56. The molecule has 11 nitrogen and oxygen atoms in total. The van der Waals surface area contributed by atoms with Crippen LogP contribution < -0.4 is 16.0 Å². The number of phenols is 1. The van der Waals surface area contributed by atoms with E-state index in [0.717, 1.165) is 25.1 Å². The van der Waals surface area contributed by atoms with Gasteiger partial charge in [-0.2, -0.15) is 0 Å². The maximum Gasteiger partial charge on any atom is 0.255 e.